The van der Waals surface area contributed by atoms with E-state index in [2.05, 4.69) is 25.8 Å². The van der Waals surface area contributed by atoms with Gasteiger partial charge in [0.15, 0.2) is 0 Å². The van der Waals surface area contributed by atoms with Gasteiger partial charge in [-0.1, -0.05) is 11.2 Å². The number of nitrogens with one attached hydrogen (secondary N) is 2. The molecule has 0 saturated heterocycles. The van der Waals surface area contributed by atoms with Crippen LogP contribution < -0.4 is 10.6 Å². The van der Waals surface area contributed by atoms with E-state index in [1.54, 1.807) is 39.1 Å². The molecule has 0 aliphatic carbocycles. The van der Waals surface area contributed by atoms with Crippen molar-refractivity contribution >= 4 is 12.0 Å². The molecule has 2 aromatic rings. The summed E-state index contributed by atoms with van der Waals surface area (Å²) in [6.45, 7) is 5.86. The lowest BCUT2D eigenvalue weighted by molar-refractivity contribution is 0.0527. The van der Waals surface area contributed by atoms with Gasteiger partial charge < -0.3 is 19.9 Å². The van der Waals surface area contributed by atoms with Crippen molar-refractivity contribution < 1.29 is 18.8 Å². The molecule has 0 atom stereocenters. The smallest absolute Gasteiger partial charge is 0.407 e. The average molecular weight is 347 g/mol. The maximum Gasteiger partial charge on any atom is 0.407 e. The summed E-state index contributed by atoms with van der Waals surface area (Å²) in [5.74, 6) is -0.275. The molecule has 0 bridgehead atoms. The lowest BCUT2D eigenvalue weighted by Gasteiger charge is -2.19. The Kier molecular flexibility index (Phi) is 6.04. The lowest BCUT2D eigenvalue weighted by atomic mass is 10.2. The van der Waals surface area contributed by atoms with Gasteiger partial charge in [0.25, 0.3) is 11.7 Å². The third kappa shape index (κ3) is 6.58. The number of carbonyl (C=O) groups excluding carboxylic acids is 2. The van der Waals surface area contributed by atoms with Crippen LogP contribution in [0.4, 0.5) is 4.79 Å². The van der Waals surface area contributed by atoms with Gasteiger partial charge in [0.2, 0.25) is 5.89 Å². The van der Waals surface area contributed by atoms with Crippen LogP contribution in [-0.4, -0.2) is 39.3 Å². The molecule has 2 rings (SSSR count). The van der Waals surface area contributed by atoms with Crippen molar-refractivity contribution in [1.29, 1.82) is 0 Å². The summed E-state index contributed by atoms with van der Waals surface area (Å²) < 4.78 is 10.1. The number of ether oxygens (including phenoxy) is 1. The second kappa shape index (κ2) is 8.22. The molecule has 2 amide bonds. The van der Waals surface area contributed by atoms with Crippen molar-refractivity contribution in [2.24, 2.45) is 0 Å². The standard InChI is InChI=1S/C16H21N5O4/c1-16(2,3)24-15(23)18-9-7-12-20-13(21-25-12)14(22)19-10-11-6-4-5-8-17-11/h4-6,8H,7,9-10H2,1-3H3,(H,18,23)(H,19,22). The van der Waals surface area contributed by atoms with E-state index in [1.165, 1.54) is 0 Å². The Bertz CT molecular complexity index is 709. The number of amides is 2. The maximum absolute atomic E-state index is 12.0. The molecule has 9 heteroatoms. The number of nitrogens with zero attached hydrogens (tertiary/aromatic N) is 3. The minimum absolute atomic E-state index is 0.0665. The highest BCUT2D eigenvalue weighted by molar-refractivity contribution is 5.90. The Morgan fingerprint density at radius 1 is 1.24 bits per heavy atom. The molecule has 0 radical (unpaired) electrons. The van der Waals surface area contributed by atoms with Crippen molar-refractivity contribution in [3.8, 4) is 0 Å². The highest BCUT2D eigenvalue weighted by Gasteiger charge is 2.17. The largest absolute Gasteiger partial charge is 0.444 e. The predicted molar refractivity (Wildman–Crippen MR) is 87.6 cm³/mol. The van der Waals surface area contributed by atoms with Gasteiger partial charge in [0, 0.05) is 19.2 Å². The summed E-state index contributed by atoms with van der Waals surface area (Å²) in [5, 5.41) is 8.85. The van der Waals surface area contributed by atoms with Gasteiger partial charge in [0.1, 0.15) is 5.60 Å². The van der Waals surface area contributed by atoms with E-state index < -0.39 is 17.6 Å². The van der Waals surface area contributed by atoms with Crippen LogP contribution in [0.5, 0.6) is 0 Å². The third-order valence-corrected chi connectivity index (χ3v) is 2.83. The zero-order chi connectivity index (χ0) is 18.3. The molecule has 0 unspecified atom stereocenters. The Hall–Kier alpha value is -2.97. The molecule has 0 aromatic carbocycles. The Morgan fingerprint density at radius 2 is 2.04 bits per heavy atom. The first-order valence-corrected chi connectivity index (χ1v) is 7.81. The fraction of sp³-hybridized carbons (Fsp3) is 0.438. The van der Waals surface area contributed by atoms with Crippen LogP contribution in [0.2, 0.25) is 0 Å². The van der Waals surface area contributed by atoms with Crippen molar-refractivity contribution in [2.45, 2.75) is 39.3 Å². The van der Waals surface area contributed by atoms with Gasteiger partial charge in [-0.2, -0.15) is 4.98 Å². The molecular weight excluding hydrogens is 326 g/mol. The summed E-state index contributed by atoms with van der Waals surface area (Å²) in [6.07, 6.45) is 1.41. The second-order valence-corrected chi connectivity index (χ2v) is 6.19. The second-order valence-electron chi connectivity index (χ2n) is 6.19. The Labute approximate surface area is 145 Å². The third-order valence-electron chi connectivity index (χ3n) is 2.83. The van der Waals surface area contributed by atoms with Crippen LogP contribution in [-0.2, 0) is 17.7 Å². The van der Waals surface area contributed by atoms with Crippen molar-refractivity contribution in [2.75, 3.05) is 6.54 Å². The van der Waals surface area contributed by atoms with Gasteiger partial charge in [-0.3, -0.25) is 9.78 Å². The van der Waals surface area contributed by atoms with Crippen LogP contribution in [0.25, 0.3) is 0 Å². The number of alkyl carbamates (subject to hydrolysis) is 1. The number of hydrogen-bond acceptors (Lipinski definition) is 7. The van der Waals surface area contributed by atoms with Gasteiger partial charge in [-0.25, -0.2) is 4.79 Å². The first kappa shape index (κ1) is 18.4. The first-order valence-electron chi connectivity index (χ1n) is 7.81. The minimum Gasteiger partial charge on any atom is -0.444 e. The summed E-state index contributed by atoms with van der Waals surface area (Å²) in [6, 6.07) is 5.42. The van der Waals surface area contributed by atoms with Crippen LogP contribution in [0.1, 0.15) is 43.0 Å². The molecule has 0 saturated carbocycles. The van der Waals surface area contributed by atoms with E-state index in [0.29, 0.717) is 6.42 Å². The summed E-state index contributed by atoms with van der Waals surface area (Å²) in [4.78, 5) is 31.6. The number of rotatable bonds is 6. The lowest BCUT2D eigenvalue weighted by Crippen LogP contribution is -2.33. The zero-order valence-corrected chi connectivity index (χ0v) is 14.4. The molecule has 2 N–H and O–H groups in total. The highest BCUT2D eigenvalue weighted by atomic mass is 16.6. The molecule has 2 aromatic heterocycles. The van der Waals surface area contributed by atoms with Gasteiger partial charge in [0.05, 0.1) is 12.2 Å². The highest BCUT2D eigenvalue weighted by Crippen LogP contribution is 2.06. The average Bonchev–Trinajstić information content (AvgIpc) is 3.01. The van der Waals surface area contributed by atoms with Gasteiger partial charge >= 0.3 is 6.09 Å². The van der Waals surface area contributed by atoms with E-state index in [0.717, 1.165) is 5.69 Å². The topological polar surface area (TPSA) is 119 Å². The Morgan fingerprint density at radius 3 is 2.72 bits per heavy atom. The summed E-state index contributed by atoms with van der Waals surface area (Å²) in [5.41, 5.74) is 0.161. The number of hydrogen-bond donors (Lipinski definition) is 2. The minimum atomic E-state index is -0.562. The van der Waals surface area contributed by atoms with Crippen LogP contribution in [0.15, 0.2) is 28.9 Å². The number of aromatic nitrogens is 3. The monoisotopic (exact) mass is 347 g/mol. The SMILES string of the molecule is CC(C)(C)OC(=O)NCCc1nc(C(=O)NCc2ccccn2)no1. The molecule has 0 fully saturated rings. The molecular formula is C16H21N5O4. The fourth-order valence-electron chi connectivity index (χ4n) is 1.79. The molecule has 0 spiro atoms. The van der Waals surface area contributed by atoms with Crippen molar-refractivity contribution in [3.05, 3.63) is 41.8 Å². The summed E-state index contributed by atoms with van der Waals surface area (Å²) in [7, 11) is 0. The predicted octanol–water partition coefficient (Wildman–Crippen LogP) is 1.46. The van der Waals surface area contributed by atoms with E-state index >= 15 is 0 Å². The number of carbonyl (C=O) groups is 2. The first-order chi connectivity index (χ1) is 11.8. The molecule has 25 heavy (non-hydrogen) atoms. The molecule has 2 heterocycles. The quantitative estimate of drug-likeness (QED) is 0.812. The van der Waals surface area contributed by atoms with E-state index in [1.807, 2.05) is 6.07 Å². The van der Waals surface area contributed by atoms with Crippen LogP contribution in [0, 0.1) is 0 Å². The fourth-order valence-corrected chi connectivity index (χ4v) is 1.79. The normalized spacial score (nSPS) is 11.0. The van der Waals surface area contributed by atoms with E-state index in [4.69, 9.17) is 9.26 Å². The molecule has 0 aliphatic heterocycles. The molecule has 9 nitrogen and oxygen atoms in total. The van der Waals surface area contributed by atoms with E-state index in [9.17, 15) is 9.59 Å². The number of pyridine rings is 1. The van der Waals surface area contributed by atoms with Gasteiger partial charge in [-0.15, -0.1) is 0 Å². The van der Waals surface area contributed by atoms with Gasteiger partial charge in [-0.05, 0) is 32.9 Å². The van der Waals surface area contributed by atoms with Crippen LogP contribution in [0.3, 0.4) is 0 Å². The van der Waals surface area contributed by atoms with Crippen molar-refractivity contribution in [3.63, 3.8) is 0 Å². The maximum atomic E-state index is 12.0. The van der Waals surface area contributed by atoms with Crippen LogP contribution >= 0.6 is 0 Å². The van der Waals surface area contributed by atoms with Crippen molar-refractivity contribution in [1.82, 2.24) is 25.8 Å². The van der Waals surface area contributed by atoms with E-state index in [-0.39, 0.29) is 24.8 Å². The molecule has 0 aliphatic rings. The summed E-state index contributed by atoms with van der Waals surface area (Å²) >= 11 is 0. The molecule has 134 valence electrons. The Balaban J connectivity index is 1.75. The zero-order valence-electron chi connectivity index (χ0n) is 14.4.